The first-order valence-electron chi connectivity index (χ1n) is 10.5. The van der Waals surface area contributed by atoms with Gasteiger partial charge in [-0.3, -0.25) is 19.5 Å². The average molecular weight is 498 g/mol. The highest BCUT2D eigenvalue weighted by molar-refractivity contribution is 7.13. The van der Waals surface area contributed by atoms with Gasteiger partial charge in [-0.1, -0.05) is 29.3 Å². The maximum Gasteiger partial charge on any atom is 0.263 e. The normalized spacial score (nSPS) is 17.3. The van der Waals surface area contributed by atoms with Crippen LogP contribution in [0.5, 0.6) is 0 Å². The number of nitrogens with zero attached hydrogens (tertiary/aromatic N) is 4. The number of amides is 1. The Morgan fingerprint density at radius 3 is 2.56 bits per heavy atom. The second-order valence-corrected chi connectivity index (χ2v) is 10.4. The monoisotopic (exact) mass is 497 g/mol. The van der Waals surface area contributed by atoms with Gasteiger partial charge in [0.25, 0.3) is 5.91 Å². The number of carbonyl (C=O) groups is 2. The number of rotatable bonds is 9. The van der Waals surface area contributed by atoms with Gasteiger partial charge in [0.15, 0.2) is 0 Å². The molecule has 1 N–H and O–H groups in total. The second kappa shape index (κ2) is 11.0. The minimum absolute atomic E-state index is 0.165. The predicted molar refractivity (Wildman–Crippen MR) is 130 cm³/mol. The molecule has 0 spiro atoms. The van der Waals surface area contributed by atoms with Crippen molar-refractivity contribution in [1.82, 2.24) is 25.0 Å². The van der Waals surface area contributed by atoms with E-state index in [9.17, 15) is 9.59 Å². The largest absolute Gasteiger partial charge is 0.347 e. The molecule has 1 unspecified atom stereocenters. The third-order valence-corrected chi connectivity index (χ3v) is 7.44. The molecule has 32 heavy (non-hydrogen) atoms. The second-order valence-electron chi connectivity index (χ2n) is 8.46. The van der Waals surface area contributed by atoms with Gasteiger partial charge in [0.1, 0.15) is 16.2 Å². The molecular weight excluding hydrogens is 469 g/mol. The van der Waals surface area contributed by atoms with Gasteiger partial charge in [0, 0.05) is 49.3 Å². The lowest BCUT2D eigenvalue weighted by molar-refractivity contribution is -0.117. The number of nitrogens with one attached hydrogen (secondary N) is 1. The van der Waals surface area contributed by atoms with Gasteiger partial charge >= 0.3 is 0 Å². The molecule has 1 aromatic carbocycles. The SMILES string of the molecule is CN(C)C(C)(C=O)CN1CCN(Cc2ncc(C(=O)NCc3ccc(Cl)cc3Cl)s2)CC1. The van der Waals surface area contributed by atoms with Gasteiger partial charge in [0.2, 0.25) is 0 Å². The van der Waals surface area contributed by atoms with Crippen molar-refractivity contribution in [2.24, 2.45) is 0 Å². The number of aldehydes is 1. The van der Waals surface area contributed by atoms with E-state index in [1.54, 1.807) is 24.4 Å². The maximum absolute atomic E-state index is 12.5. The summed E-state index contributed by atoms with van der Waals surface area (Å²) in [6, 6.07) is 5.22. The van der Waals surface area contributed by atoms with Gasteiger partial charge in [0.05, 0.1) is 18.3 Å². The number of carbonyl (C=O) groups excluding carboxylic acids is 2. The summed E-state index contributed by atoms with van der Waals surface area (Å²) in [5.41, 5.74) is 0.336. The smallest absolute Gasteiger partial charge is 0.263 e. The van der Waals surface area contributed by atoms with Crippen molar-refractivity contribution < 1.29 is 9.59 Å². The van der Waals surface area contributed by atoms with Gasteiger partial charge in [-0.25, -0.2) is 4.98 Å². The molecule has 1 aromatic heterocycles. The topological polar surface area (TPSA) is 68.8 Å². The zero-order valence-corrected chi connectivity index (χ0v) is 20.9. The Hall–Kier alpha value is -1.55. The lowest BCUT2D eigenvalue weighted by atomic mass is 10.0. The summed E-state index contributed by atoms with van der Waals surface area (Å²) in [5.74, 6) is -0.165. The van der Waals surface area contributed by atoms with Crippen LogP contribution in [0.25, 0.3) is 0 Å². The van der Waals surface area contributed by atoms with Gasteiger partial charge in [-0.2, -0.15) is 0 Å². The molecule has 1 amide bonds. The van der Waals surface area contributed by atoms with Crippen LogP contribution in [0.15, 0.2) is 24.4 Å². The van der Waals surface area contributed by atoms with Crippen molar-refractivity contribution in [2.75, 3.05) is 46.8 Å². The van der Waals surface area contributed by atoms with E-state index in [-0.39, 0.29) is 5.91 Å². The summed E-state index contributed by atoms with van der Waals surface area (Å²) < 4.78 is 0. The van der Waals surface area contributed by atoms with E-state index in [2.05, 4.69) is 20.1 Å². The summed E-state index contributed by atoms with van der Waals surface area (Å²) >= 11 is 13.5. The fourth-order valence-electron chi connectivity index (χ4n) is 3.45. The van der Waals surface area contributed by atoms with Crippen LogP contribution in [0.2, 0.25) is 10.0 Å². The number of aromatic nitrogens is 1. The zero-order chi connectivity index (χ0) is 23.3. The van der Waals surface area contributed by atoms with E-state index in [0.29, 0.717) is 28.0 Å². The highest BCUT2D eigenvalue weighted by Crippen LogP contribution is 2.21. The summed E-state index contributed by atoms with van der Waals surface area (Å²) in [7, 11) is 3.87. The number of likely N-dealkylation sites (N-methyl/N-ethyl adjacent to an activating group) is 1. The van der Waals surface area contributed by atoms with Gasteiger partial charge in [-0.15, -0.1) is 11.3 Å². The molecule has 10 heteroatoms. The van der Waals surface area contributed by atoms with Crippen LogP contribution < -0.4 is 5.32 Å². The van der Waals surface area contributed by atoms with Gasteiger partial charge < -0.3 is 10.1 Å². The summed E-state index contributed by atoms with van der Waals surface area (Å²) in [6.07, 6.45) is 2.66. The van der Waals surface area contributed by atoms with E-state index >= 15 is 0 Å². The third kappa shape index (κ3) is 6.50. The molecule has 2 aromatic rings. The first-order chi connectivity index (χ1) is 15.2. The van der Waals surface area contributed by atoms with Crippen molar-refractivity contribution in [2.45, 2.75) is 25.6 Å². The summed E-state index contributed by atoms with van der Waals surface area (Å²) in [4.78, 5) is 35.7. The average Bonchev–Trinajstić information content (AvgIpc) is 3.22. The minimum Gasteiger partial charge on any atom is -0.347 e. The molecule has 0 radical (unpaired) electrons. The Bertz CT molecular complexity index is 946. The highest BCUT2D eigenvalue weighted by atomic mass is 35.5. The van der Waals surface area contributed by atoms with Crippen LogP contribution in [0.4, 0.5) is 0 Å². The van der Waals surface area contributed by atoms with E-state index in [1.165, 1.54) is 11.3 Å². The van der Waals surface area contributed by atoms with E-state index < -0.39 is 5.54 Å². The standard InChI is InChI=1S/C22H29Cl2N5O2S/c1-22(15-30,27(2)3)14-29-8-6-28(7-9-29)13-20-25-12-19(32-20)21(31)26-11-16-4-5-17(23)10-18(16)24/h4-5,10,12,15H,6-9,11,13-14H2,1-3H3,(H,26,31). The molecule has 174 valence electrons. The van der Waals surface area contributed by atoms with Crippen LogP contribution >= 0.6 is 34.5 Å². The van der Waals surface area contributed by atoms with E-state index in [1.807, 2.05) is 25.9 Å². The molecule has 7 nitrogen and oxygen atoms in total. The lowest BCUT2D eigenvalue weighted by Crippen LogP contribution is -2.56. The number of hydrogen-bond donors (Lipinski definition) is 1. The van der Waals surface area contributed by atoms with E-state index in [0.717, 1.165) is 49.6 Å². The maximum atomic E-state index is 12.5. The van der Waals surface area contributed by atoms with Crippen LogP contribution in [0, 0.1) is 0 Å². The molecule has 1 atom stereocenters. The Morgan fingerprint density at radius 2 is 1.94 bits per heavy atom. The fraction of sp³-hybridized carbons (Fsp3) is 0.500. The van der Waals surface area contributed by atoms with Crippen molar-refractivity contribution in [3.05, 3.63) is 49.9 Å². The predicted octanol–water partition coefficient (Wildman–Crippen LogP) is 3.02. The molecule has 1 fully saturated rings. The molecule has 3 rings (SSSR count). The van der Waals surface area contributed by atoms with Crippen molar-refractivity contribution in [3.8, 4) is 0 Å². The quantitative estimate of drug-likeness (QED) is 0.537. The molecule has 0 aliphatic carbocycles. The van der Waals surface area contributed by atoms with Crippen molar-refractivity contribution in [1.29, 1.82) is 0 Å². The number of piperazine rings is 1. The van der Waals surface area contributed by atoms with Crippen LogP contribution in [0.1, 0.15) is 27.2 Å². The Labute approximate surface area is 203 Å². The number of hydrogen-bond acceptors (Lipinski definition) is 7. The molecule has 2 heterocycles. The van der Waals surface area contributed by atoms with E-state index in [4.69, 9.17) is 23.2 Å². The number of halogens is 2. The molecule has 0 bridgehead atoms. The van der Waals surface area contributed by atoms with Crippen LogP contribution in [0.3, 0.4) is 0 Å². The van der Waals surface area contributed by atoms with Crippen molar-refractivity contribution in [3.63, 3.8) is 0 Å². The lowest BCUT2D eigenvalue weighted by Gasteiger charge is -2.40. The first kappa shape index (κ1) is 25.1. The molecule has 1 saturated heterocycles. The number of benzene rings is 1. The third-order valence-electron chi connectivity index (χ3n) is 5.87. The highest BCUT2D eigenvalue weighted by Gasteiger charge is 2.30. The van der Waals surface area contributed by atoms with Crippen LogP contribution in [-0.2, 0) is 17.9 Å². The Kier molecular flexibility index (Phi) is 8.66. The Balaban J connectivity index is 1.47. The van der Waals surface area contributed by atoms with Crippen molar-refractivity contribution >= 4 is 46.7 Å². The minimum atomic E-state index is -0.476. The molecular formula is C22H29Cl2N5O2S. The first-order valence-corrected chi connectivity index (χ1v) is 12.0. The Morgan fingerprint density at radius 1 is 1.25 bits per heavy atom. The zero-order valence-electron chi connectivity index (χ0n) is 18.6. The molecule has 0 saturated carbocycles. The fourth-order valence-corrected chi connectivity index (χ4v) is 4.80. The number of thiazole rings is 1. The van der Waals surface area contributed by atoms with Crippen LogP contribution in [-0.4, -0.2) is 84.2 Å². The summed E-state index contributed by atoms with van der Waals surface area (Å²) in [5, 5.41) is 4.89. The summed E-state index contributed by atoms with van der Waals surface area (Å²) in [6.45, 7) is 7.34. The van der Waals surface area contributed by atoms with Gasteiger partial charge in [-0.05, 0) is 38.7 Å². The molecule has 1 aliphatic rings. The molecule has 1 aliphatic heterocycles.